The number of hydrogen-bond donors (Lipinski definition) is 0. The zero-order valence-electron chi connectivity index (χ0n) is 46.7. The minimum Gasteiger partial charge on any atom is -0.461 e. The average molecular weight is 1040 g/mol. The van der Waals surface area contributed by atoms with Crippen molar-refractivity contribution in [2.75, 3.05) is 26.4 Å². The van der Waals surface area contributed by atoms with Crippen LogP contribution in [0, 0.1) is 0 Å². The van der Waals surface area contributed by atoms with Gasteiger partial charge in [0.05, 0.1) is 38.5 Å². The van der Waals surface area contributed by atoms with Crippen molar-refractivity contribution in [3.05, 3.63) is 162 Å². The molecule has 1 unspecified atom stereocenters. The number of ether oxygens (including phenoxy) is 6. The predicted molar refractivity (Wildman–Crippen MR) is 308 cm³/mol. The van der Waals surface area contributed by atoms with Crippen molar-refractivity contribution >= 4 is 35.8 Å². The van der Waals surface area contributed by atoms with E-state index in [1.165, 1.54) is 24.6 Å². The van der Waals surface area contributed by atoms with Crippen molar-refractivity contribution in [2.45, 2.75) is 169 Å². The van der Waals surface area contributed by atoms with E-state index in [0.717, 1.165) is 70.6 Å². The molecule has 0 N–H and O–H groups in total. The van der Waals surface area contributed by atoms with Crippen LogP contribution in [0.25, 0.3) is 0 Å². The van der Waals surface area contributed by atoms with Crippen molar-refractivity contribution < 1.29 is 57.2 Å². The highest BCUT2D eigenvalue weighted by Crippen LogP contribution is 2.05. The molecule has 0 amide bonds. The summed E-state index contributed by atoms with van der Waals surface area (Å²) in [6.07, 6.45) is 43.7. The number of carbonyl (C=O) groups excluding carboxylic acids is 6. The Balaban J connectivity index is -0.000000232. The molecule has 0 aromatic heterocycles. The monoisotopic (exact) mass is 1030 g/mol. The van der Waals surface area contributed by atoms with Gasteiger partial charge in [0.15, 0.2) is 12.2 Å². The summed E-state index contributed by atoms with van der Waals surface area (Å²) in [6.45, 7) is 39.6. The van der Waals surface area contributed by atoms with Crippen molar-refractivity contribution in [3.63, 3.8) is 0 Å². The van der Waals surface area contributed by atoms with Crippen molar-refractivity contribution in [3.8, 4) is 0 Å². The summed E-state index contributed by atoms with van der Waals surface area (Å²) >= 11 is 0. The predicted octanol–water partition coefficient (Wildman–Crippen LogP) is 15.3. The summed E-state index contributed by atoms with van der Waals surface area (Å²) in [5.41, 5.74) is 0. The summed E-state index contributed by atoms with van der Waals surface area (Å²) in [5, 5.41) is 0. The molecule has 0 rings (SSSR count). The average Bonchev–Trinajstić information content (AvgIpc) is 3.38. The molecular formula is C62H98O12. The van der Waals surface area contributed by atoms with Crippen LogP contribution >= 0.6 is 0 Å². The third-order valence-electron chi connectivity index (χ3n) is 8.01. The lowest BCUT2D eigenvalue weighted by Gasteiger charge is -2.17. The molecule has 12 nitrogen and oxygen atoms in total. The Labute approximate surface area is 449 Å². The maximum Gasteiger partial charge on any atom is 0.310 e. The van der Waals surface area contributed by atoms with E-state index in [2.05, 4.69) is 112 Å². The van der Waals surface area contributed by atoms with Gasteiger partial charge in [-0.15, -0.1) is 52.6 Å². The first-order valence-electron chi connectivity index (χ1n) is 25.9. The van der Waals surface area contributed by atoms with Gasteiger partial charge >= 0.3 is 35.8 Å². The lowest BCUT2D eigenvalue weighted by atomic mass is 10.3. The molecule has 418 valence electrons. The fraction of sp³-hybridized carbons (Fsp3) is 0.484. The number of carbonyl (C=O) groups is 6. The van der Waals surface area contributed by atoms with Gasteiger partial charge in [-0.2, -0.15) is 0 Å². The van der Waals surface area contributed by atoms with Crippen molar-refractivity contribution in [2.24, 2.45) is 0 Å². The summed E-state index contributed by atoms with van der Waals surface area (Å²) in [5.74, 6) is -2.87. The van der Waals surface area contributed by atoms with Crippen LogP contribution in [0.1, 0.15) is 157 Å². The van der Waals surface area contributed by atoms with Crippen LogP contribution in [-0.2, 0) is 57.2 Å². The van der Waals surface area contributed by atoms with E-state index in [1.807, 2.05) is 54.7 Å². The third kappa shape index (κ3) is 76.9. The topological polar surface area (TPSA) is 158 Å². The lowest BCUT2D eigenvalue weighted by molar-refractivity contribution is -0.165. The summed E-state index contributed by atoms with van der Waals surface area (Å²) in [7, 11) is 0. The maximum absolute atomic E-state index is 12.1. The van der Waals surface area contributed by atoms with Gasteiger partial charge in [-0.25, -0.2) is 0 Å². The Kier molecular flexibility index (Phi) is 75.3. The van der Waals surface area contributed by atoms with Crippen molar-refractivity contribution in [1.29, 1.82) is 0 Å². The molecule has 0 aromatic rings. The van der Waals surface area contributed by atoms with E-state index in [-0.39, 0.29) is 65.0 Å². The molecule has 0 aliphatic rings. The highest BCUT2D eigenvalue weighted by atomic mass is 16.6. The van der Waals surface area contributed by atoms with Gasteiger partial charge in [0, 0.05) is 0 Å². The van der Waals surface area contributed by atoms with Crippen LogP contribution in [0.5, 0.6) is 0 Å². The largest absolute Gasteiger partial charge is 0.461 e. The van der Waals surface area contributed by atoms with Crippen molar-refractivity contribution in [1.82, 2.24) is 0 Å². The fourth-order valence-corrected chi connectivity index (χ4v) is 4.26. The first-order chi connectivity index (χ1) is 35.7. The second-order valence-electron chi connectivity index (χ2n) is 15.1. The van der Waals surface area contributed by atoms with Crippen LogP contribution in [0.4, 0.5) is 0 Å². The molecule has 0 saturated heterocycles. The Bertz CT molecular complexity index is 1600. The minimum absolute atomic E-state index is 0.0116. The first-order valence-corrected chi connectivity index (χ1v) is 25.9. The fourth-order valence-electron chi connectivity index (χ4n) is 4.26. The minimum atomic E-state index is -0.861. The molecular weight excluding hydrogens is 937 g/mol. The van der Waals surface area contributed by atoms with E-state index in [4.69, 9.17) is 28.4 Å². The smallest absolute Gasteiger partial charge is 0.310 e. The molecule has 0 saturated carbocycles. The highest BCUT2D eigenvalue weighted by molar-refractivity contribution is 5.74. The maximum atomic E-state index is 12.1. The van der Waals surface area contributed by atoms with Gasteiger partial charge in [0.25, 0.3) is 0 Å². The Hall–Kier alpha value is -6.56. The standard InChI is InChI=1S/C26H40O6.C15H20O6.C7H12.C5H10.C5H8.C4H8/c1-4-7-10-13-14-17-19-25(28)31-22-23(32-26(29)20-16-12-9-6-3)21-30-24(27)18-15-11-8-5-2;1-4-7-13(16)19-10-12(21-15(18)9-6-3)11-20-14(17)8-5-2;1-3-5-7-6-4-2;2*1-3-5-4-2;1-3-4-2/h7,10-12,14-17,23H,4-6,8-9,13,18-22H2,1-3H3;4-6,12H,1-3,7-11H2;3,6-7H,1,4-5H2,2H3;3H,1,4-5H2,2H3;3-4H,1-2,5H2;3H,1,4H2,2H3. The van der Waals surface area contributed by atoms with Crippen LogP contribution in [0.3, 0.4) is 0 Å². The van der Waals surface area contributed by atoms with Gasteiger partial charge in [0.2, 0.25) is 0 Å². The van der Waals surface area contributed by atoms with E-state index in [9.17, 15) is 28.8 Å². The first kappa shape index (κ1) is 78.9. The molecule has 0 aromatic carbocycles. The van der Waals surface area contributed by atoms with Gasteiger partial charge in [-0.05, 0) is 57.8 Å². The van der Waals surface area contributed by atoms with Crippen LogP contribution in [0.15, 0.2) is 162 Å². The van der Waals surface area contributed by atoms with Gasteiger partial charge in [0.1, 0.15) is 26.4 Å². The van der Waals surface area contributed by atoms with Crippen LogP contribution < -0.4 is 0 Å². The molecule has 0 spiro atoms. The van der Waals surface area contributed by atoms with Crippen LogP contribution in [-0.4, -0.2) is 74.5 Å². The summed E-state index contributed by atoms with van der Waals surface area (Å²) in [6, 6.07) is 0. The normalized spacial score (nSPS) is 10.4. The number of unbranched alkanes of at least 4 members (excludes halogenated alkanes) is 3. The SMILES string of the molecule is C=CCC.C=CCC(=O)OCC(COC(=O)CC=C)OC(=O)CC=C.C=CCC=C.C=CCC=CCC.C=CCCC.CCC=CCC=CCC(=O)OCC(COC(=O)CC=CCCC)OC(=O)CC=CCCC. The van der Waals surface area contributed by atoms with E-state index < -0.39 is 48.0 Å². The zero-order valence-corrected chi connectivity index (χ0v) is 46.7. The molecule has 0 fully saturated rings. The molecule has 0 aliphatic heterocycles. The van der Waals surface area contributed by atoms with E-state index in [0.29, 0.717) is 0 Å². The number of allylic oxidation sites excluding steroid dienone is 12. The molecule has 74 heavy (non-hydrogen) atoms. The highest BCUT2D eigenvalue weighted by Gasteiger charge is 2.20. The Morgan fingerprint density at radius 3 is 0.919 bits per heavy atom. The van der Waals surface area contributed by atoms with E-state index >= 15 is 0 Å². The second kappa shape index (κ2) is 70.7. The molecule has 12 heteroatoms. The van der Waals surface area contributed by atoms with Gasteiger partial charge in [-0.1, -0.05) is 170 Å². The summed E-state index contributed by atoms with van der Waals surface area (Å²) < 4.78 is 30.6. The van der Waals surface area contributed by atoms with Crippen LogP contribution in [0.2, 0.25) is 0 Å². The third-order valence-corrected chi connectivity index (χ3v) is 8.01. The molecule has 0 aliphatic carbocycles. The zero-order chi connectivity index (χ0) is 57.1. The molecule has 0 radical (unpaired) electrons. The lowest BCUT2D eigenvalue weighted by Crippen LogP contribution is -2.30. The van der Waals surface area contributed by atoms with Gasteiger partial charge < -0.3 is 28.4 Å². The van der Waals surface area contributed by atoms with E-state index in [1.54, 1.807) is 18.2 Å². The quantitative estimate of drug-likeness (QED) is 0.0330. The second-order valence-corrected chi connectivity index (χ2v) is 15.1. The number of hydrogen-bond acceptors (Lipinski definition) is 12. The summed E-state index contributed by atoms with van der Waals surface area (Å²) in [4.78, 5) is 69.7. The number of rotatable bonds is 37. The molecule has 1 atom stereocenters. The Morgan fingerprint density at radius 1 is 0.311 bits per heavy atom. The molecule has 0 heterocycles. The Morgan fingerprint density at radius 2 is 0.622 bits per heavy atom. The number of esters is 6. The van der Waals surface area contributed by atoms with Gasteiger partial charge in [-0.3, -0.25) is 28.8 Å². The molecule has 0 bridgehead atoms.